The number of nitrogens with one attached hydrogen (secondary N) is 1. The first-order valence-electron chi connectivity index (χ1n) is 9.00. The minimum absolute atomic E-state index is 0.0156. The van der Waals surface area contributed by atoms with E-state index in [1.807, 2.05) is 0 Å². The highest BCUT2D eigenvalue weighted by Crippen LogP contribution is 2.24. The number of benzene rings is 2. The second kappa shape index (κ2) is 7.27. The summed E-state index contributed by atoms with van der Waals surface area (Å²) in [6.45, 7) is 1.79. The SMILES string of the molecule is Cc1c(CCC(=O)Nc2ccc3oc(=O)ccc3c2)c(=O)oc2cc(O)ccc12. The molecule has 0 fully saturated rings. The molecule has 0 bridgehead atoms. The number of aromatic hydroxyl groups is 1. The van der Waals surface area contributed by atoms with E-state index in [-0.39, 0.29) is 24.5 Å². The molecule has 0 aliphatic carbocycles. The third-order valence-corrected chi connectivity index (χ3v) is 4.78. The third-order valence-electron chi connectivity index (χ3n) is 4.78. The zero-order chi connectivity index (χ0) is 20.5. The maximum atomic E-state index is 12.4. The van der Waals surface area contributed by atoms with Gasteiger partial charge in [-0.25, -0.2) is 9.59 Å². The number of anilines is 1. The van der Waals surface area contributed by atoms with Crippen LogP contribution in [-0.4, -0.2) is 11.0 Å². The molecular formula is C22H17NO6. The molecule has 4 rings (SSSR count). The summed E-state index contributed by atoms with van der Waals surface area (Å²) in [5.74, 6) is -0.242. The number of amides is 1. The molecule has 2 heterocycles. The van der Waals surface area contributed by atoms with Gasteiger partial charge in [0.05, 0.1) is 0 Å². The van der Waals surface area contributed by atoms with Crippen LogP contribution in [0.25, 0.3) is 21.9 Å². The normalized spacial score (nSPS) is 11.1. The highest BCUT2D eigenvalue weighted by Gasteiger charge is 2.14. The molecule has 4 aromatic rings. The van der Waals surface area contributed by atoms with Gasteiger partial charge >= 0.3 is 11.3 Å². The molecule has 0 unspecified atom stereocenters. The number of carbonyl (C=O) groups excluding carboxylic acids is 1. The quantitative estimate of drug-likeness (QED) is 0.516. The van der Waals surface area contributed by atoms with E-state index in [1.54, 1.807) is 37.3 Å². The number of hydrogen-bond acceptors (Lipinski definition) is 6. The topological polar surface area (TPSA) is 110 Å². The Morgan fingerprint density at radius 2 is 1.83 bits per heavy atom. The van der Waals surface area contributed by atoms with Gasteiger partial charge in [-0.15, -0.1) is 0 Å². The van der Waals surface area contributed by atoms with Crippen molar-refractivity contribution in [3.05, 3.63) is 80.5 Å². The lowest BCUT2D eigenvalue weighted by atomic mass is 10.0. The molecular weight excluding hydrogens is 374 g/mol. The monoisotopic (exact) mass is 391 g/mol. The Balaban J connectivity index is 1.51. The van der Waals surface area contributed by atoms with Crippen molar-refractivity contribution in [1.82, 2.24) is 0 Å². The Labute approximate surface area is 164 Å². The molecule has 2 N–H and O–H groups in total. The van der Waals surface area contributed by atoms with Crippen LogP contribution in [0.3, 0.4) is 0 Å². The molecule has 29 heavy (non-hydrogen) atoms. The average Bonchev–Trinajstić information content (AvgIpc) is 2.67. The second-order valence-electron chi connectivity index (χ2n) is 6.73. The average molecular weight is 391 g/mol. The van der Waals surface area contributed by atoms with Crippen LogP contribution in [0.2, 0.25) is 0 Å². The first kappa shape index (κ1) is 18.5. The van der Waals surface area contributed by atoms with E-state index in [4.69, 9.17) is 8.83 Å². The Hall–Kier alpha value is -3.87. The molecule has 7 heteroatoms. The van der Waals surface area contributed by atoms with E-state index in [2.05, 4.69) is 5.32 Å². The zero-order valence-electron chi connectivity index (χ0n) is 15.5. The van der Waals surface area contributed by atoms with Crippen LogP contribution in [0.4, 0.5) is 5.69 Å². The van der Waals surface area contributed by atoms with E-state index in [1.165, 1.54) is 18.2 Å². The molecule has 0 aliphatic rings. The van der Waals surface area contributed by atoms with Crippen molar-refractivity contribution in [1.29, 1.82) is 0 Å². The first-order chi connectivity index (χ1) is 13.9. The summed E-state index contributed by atoms with van der Waals surface area (Å²) in [7, 11) is 0. The van der Waals surface area contributed by atoms with Crippen molar-refractivity contribution in [2.24, 2.45) is 0 Å². The van der Waals surface area contributed by atoms with Gasteiger partial charge in [-0.05, 0) is 55.3 Å². The molecule has 0 saturated carbocycles. The number of fused-ring (bicyclic) bond motifs is 2. The summed E-state index contributed by atoms with van der Waals surface area (Å²) in [6.07, 6.45) is 0.316. The van der Waals surface area contributed by atoms with Gasteiger partial charge in [0.25, 0.3) is 0 Å². The predicted octanol–water partition coefficient (Wildman–Crippen LogP) is 3.48. The van der Waals surface area contributed by atoms with Crippen LogP contribution in [0, 0.1) is 6.92 Å². The van der Waals surface area contributed by atoms with E-state index >= 15 is 0 Å². The molecule has 0 radical (unpaired) electrons. The minimum atomic E-state index is -0.519. The fraction of sp³-hybridized carbons (Fsp3) is 0.136. The van der Waals surface area contributed by atoms with Crippen molar-refractivity contribution >= 4 is 33.5 Å². The fourth-order valence-electron chi connectivity index (χ4n) is 3.28. The van der Waals surface area contributed by atoms with E-state index in [0.29, 0.717) is 33.2 Å². The Morgan fingerprint density at radius 3 is 2.66 bits per heavy atom. The van der Waals surface area contributed by atoms with Crippen LogP contribution in [0.1, 0.15) is 17.5 Å². The van der Waals surface area contributed by atoms with Crippen molar-refractivity contribution in [2.75, 3.05) is 5.32 Å². The van der Waals surface area contributed by atoms with Crippen molar-refractivity contribution in [3.63, 3.8) is 0 Å². The summed E-state index contributed by atoms with van der Waals surface area (Å²) >= 11 is 0. The predicted molar refractivity (Wildman–Crippen MR) is 108 cm³/mol. The Morgan fingerprint density at radius 1 is 1.00 bits per heavy atom. The summed E-state index contributed by atoms with van der Waals surface area (Å²) in [4.78, 5) is 35.9. The van der Waals surface area contributed by atoms with E-state index in [0.717, 1.165) is 5.56 Å². The van der Waals surface area contributed by atoms with Crippen molar-refractivity contribution in [2.45, 2.75) is 19.8 Å². The van der Waals surface area contributed by atoms with Crippen LogP contribution in [0.5, 0.6) is 5.75 Å². The lowest BCUT2D eigenvalue weighted by Gasteiger charge is -2.09. The van der Waals surface area contributed by atoms with Gasteiger partial charge in [-0.2, -0.15) is 0 Å². The third kappa shape index (κ3) is 3.75. The molecule has 0 saturated heterocycles. The Kier molecular flexibility index (Phi) is 4.64. The molecule has 146 valence electrons. The van der Waals surface area contributed by atoms with Gasteiger partial charge in [0.2, 0.25) is 5.91 Å². The number of phenolic OH excluding ortho intramolecular Hbond substituents is 1. The lowest BCUT2D eigenvalue weighted by Crippen LogP contribution is -2.16. The standard InChI is InChI=1S/C22H17NO6/c1-12-16-5-4-15(24)11-19(16)29-22(27)17(12)6-8-20(25)23-14-3-7-18-13(10-14)2-9-21(26)28-18/h2-5,7,9-11,24H,6,8H2,1H3,(H,23,25). The molecule has 2 aromatic heterocycles. The van der Waals surface area contributed by atoms with Crippen LogP contribution in [-0.2, 0) is 11.2 Å². The molecule has 1 amide bonds. The van der Waals surface area contributed by atoms with Crippen LogP contribution >= 0.6 is 0 Å². The number of hydrogen-bond donors (Lipinski definition) is 2. The lowest BCUT2D eigenvalue weighted by molar-refractivity contribution is -0.116. The number of carbonyl (C=O) groups is 1. The first-order valence-corrected chi connectivity index (χ1v) is 9.00. The van der Waals surface area contributed by atoms with Crippen molar-refractivity contribution < 1.29 is 18.7 Å². The summed E-state index contributed by atoms with van der Waals surface area (Å²) in [5, 5.41) is 13.7. The smallest absolute Gasteiger partial charge is 0.339 e. The molecule has 0 aliphatic heterocycles. The number of phenols is 1. The molecule has 2 aromatic carbocycles. The van der Waals surface area contributed by atoms with Gasteiger partial charge in [0, 0.05) is 40.6 Å². The van der Waals surface area contributed by atoms with Crippen molar-refractivity contribution in [3.8, 4) is 5.75 Å². The minimum Gasteiger partial charge on any atom is -0.508 e. The molecule has 7 nitrogen and oxygen atoms in total. The second-order valence-corrected chi connectivity index (χ2v) is 6.73. The summed E-state index contributed by atoms with van der Waals surface area (Å²) < 4.78 is 10.3. The van der Waals surface area contributed by atoms with Gasteiger partial charge < -0.3 is 19.3 Å². The highest BCUT2D eigenvalue weighted by molar-refractivity contribution is 5.93. The summed E-state index contributed by atoms with van der Waals surface area (Å²) in [6, 6.07) is 12.5. The molecule has 0 atom stereocenters. The molecule has 0 spiro atoms. The van der Waals surface area contributed by atoms with E-state index in [9.17, 15) is 19.5 Å². The Bertz CT molecular complexity index is 1370. The van der Waals surface area contributed by atoms with Crippen LogP contribution in [0.15, 0.2) is 67.0 Å². The van der Waals surface area contributed by atoms with Gasteiger partial charge in [0.15, 0.2) is 0 Å². The highest BCUT2D eigenvalue weighted by atomic mass is 16.4. The van der Waals surface area contributed by atoms with E-state index < -0.39 is 11.3 Å². The van der Waals surface area contributed by atoms with Crippen LogP contribution < -0.4 is 16.6 Å². The zero-order valence-corrected chi connectivity index (χ0v) is 15.5. The fourth-order valence-corrected chi connectivity index (χ4v) is 3.28. The van der Waals surface area contributed by atoms with Gasteiger partial charge in [-0.1, -0.05) is 0 Å². The van der Waals surface area contributed by atoms with Gasteiger partial charge in [0.1, 0.15) is 16.9 Å². The summed E-state index contributed by atoms with van der Waals surface area (Å²) in [5.41, 5.74) is 1.51. The van der Waals surface area contributed by atoms with Gasteiger partial charge in [-0.3, -0.25) is 4.79 Å². The maximum absolute atomic E-state index is 12.4. The number of aryl methyl sites for hydroxylation is 1. The number of rotatable bonds is 4. The largest absolute Gasteiger partial charge is 0.508 e. The maximum Gasteiger partial charge on any atom is 0.339 e.